The number of hydrogen-bond donors (Lipinski definition) is 0. The van der Waals surface area contributed by atoms with E-state index in [-0.39, 0.29) is 0 Å². The molecule has 5 nitrogen and oxygen atoms in total. The molecule has 0 aromatic rings. The van der Waals surface area contributed by atoms with Gasteiger partial charge in [-0.15, -0.1) is 0 Å². The van der Waals surface area contributed by atoms with Crippen LogP contribution in [0.15, 0.2) is 23.8 Å². The molecule has 1 fully saturated rings. The molecule has 1 aliphatic carbocycles. The van der Waals surface area contributed by atoms with E-state index in [1.165, 1.54) is 0 Å². The summed E-state index contributed by atoms with van der Waals surface area (Å²) >= 11 is 0. The smallest absolute Gasteiger partial charge is 0.346 e. The van der Waals surface area contributed by atoms with Gasteiger partial charge in [0, 0.05) is 0 Å². The molecule has 0 N–H and O–H groups in total. The lowest BCUT2D eigenvalue weighted by Crippen LogP contribution is -2.37. The summed E-state index contributed by atoms with van der Waals surface area (Å²) in [5.74, 6) is -0.951. The van der Waals surface area contributed by atoms with Crippen molar-refractivity contribution in [3.8, 4) is 0 Å². The maximum Gasteiger partial charge on any atom is 0.346 e. The summed E-state index contributed by atoms with van der Waals surface area (Å²) in [5.41, 5.74) is -2.03. The summed E-state index contributed by atoms with van der Waals surface area (Å²) in [6.45, 7) is 10.7. The number of esters is 2. The van der Waals surface area contributed by atoms with Crippen LogP contribution < -0.4 is 0 Å². The zero-order chi connectivity index (χ0) is 16.1. The molecular formula is C16H22O5. The van der Waals surface area contributed by atoms with Crippen LogP contribution >= 0.6 is 0 Å². The van der Waals surface area contributed by atoms with E-state index in [4.69, 9.17) is 14.2 Å². The summed E-state index contributed by atoms with van der Waals surface area (Å²) in [6, 6.07) is 0. The summed E-state index contributed by atoms with van der Waals surface area (Å²) in [6.07, 6.45) is 4.26. The van der Waals surface area contributed by atoms with Crippen molar-refractivity contribution >= 4 is 11.9 Å². The minimum atomic E-state index is -1.17. The van der Waals surface area contributed by atoms with Gasteiger partial charge in [0.15, 0.2) is 0 Å². The van der Waals surface area contributed by atoms with E-state index in [9.17, 15) is 9.59 Å². The number of carbonyl (C=O) groups is 2. The summed E-state index contributed by atoms with van der Waals surface area (Å²) in [5, 5.41) is 0. The first-order valence-corrected chi connectivity index (χ1v) is 6.99. The molecule has 0 saturated carbocycles. The highest BCUT2D eigenvalue weighted by Crippen LogP contribution is 2.47. The van der Waals surface area contributed by atoms with Gasteiger partial charge in [-0.3, -0.25) is 0 Å². The Hall–Kier alpha value is -1.62. The van der Waals surface area contributed by atoms with Crippen LogP contribution in [-0.4, -0.2) is 34.8 Å². The molecule has 1 heterocycles. The highest BCUT2D eigenvalue weighted by Gasteiger charge is 2.66. The fraction of sp³-hybridized carbons (Fsp3) is 0.625. The molecule has 0 aromatic carbocycles. The van der Waals surface area contributed by atoms with Gasteiger partial charge in [-0.05, 0) is 53.7 Å². The van der Waals surface area contributed by atoms with Crippen molar-refractivity contribution < 1.29 is 23.8 Å². The maximum absolute atomic E-state index is 12.3. The first kappa shape index (κ1) is 15.8. The van der Waals surface area contributed by atoms with Crippen molar-refractivity contribution in [2.75, 3.05) is 0 Å². The number of rotatable bonds is 2. The third-order valence-corrected chi connectivity index (χ3v) is 2.90. The van der Waals surface area contributed by atoms with Crippen molar-refractivity contribution in [3.63, 3.8) is 0 Å². The standard InChI is InChI=1S/C16H22O5/c1-14(2,3)20-12(17)10-8-7-9-16(11(10)19-16)13(18)21-15(4,5)6/h7-9,11H,1-6H3. The Morgan fingerprint density at radius 2 is 1.67 bits per heavy atom. The van der Waals surface area contributed by atoms with E-state index in [0.29, 0.717) is 5.57 Å². The van der Waals surface area contributed by atoms with Gasteiger partial charge in [-0.2, -0.15) is 0 Å². The second-order valence-corrected chi connectivity index (χ2v) is 7.28. The van der Waals surface area contributed by atoms with Crippen LogP contribution in [0.4, 0.5) is 0 Å². The van der Waals surface area contributed by atoms with E-state index in [1.54, 1.807) is 59.8 Å². The Morgan fingerprint density at radius 3 is 2.19 bits per heavy atom. The Balaban J connectivity index is 2.11. The summed E-state index contributed by atoms with van der Waals surface area (Å²) < 4.78 is 16.2. The van der Waals surface area contributed by atoms with Crippen molar-refractivity contribution in [1.29, 1.82) is 0 Å². The van der Waals surface area contributed by atoms with Crippen LogP contribution in [0.2, 0.25) is 0 Å². The third kappa shape index (κ3) is 3.35. The Morgan fingerprint density at radius 1 is 1.10 bits per heavy atom. The van der Waals surface area contributed by atoms with Crippen LogP contribution in [0.3, 0.4) is 0 Å². The Kier molecular flexibility index (Phi) is 3.53. The molecule has 5 heteroatoms. The van der Waals surface area contributed by atoms with Gasteiger partial charge in [0.25, 0.3) is 0 Å². The maximum atomic E-state index is 12.3. The zero-order valence-corrected chi connectivity index (χ0v) is 13.4. The van der Waals surface area contributed by atoms with Crippen molar-refractivity contribution in [3.05, 3.63) is 23.8 Å². The predicted octanol–water partition coefficient (Wildman–Crippen LogP) is 2.30. The number of ether oxygens (including phenoxy) is 3. The van der Waals surface area contributed by atoms with Gasteiger partial charge in [0.1, 0.15) is 17.3 Å². The van der Waals surface area contributed by atoms with E-state index < -0.39 is 34.8 Å². The number of epoxide rings is 1. The van der Waals surface area contributed by atoms with Gasteiger partial charge in [0.05, 0.1) is 5.57 Å². The minimum absolute atomic E-state index is 0.346. The molecule has 0 aromatic heterocycles. The monoisotopic (exact) mass is 294 g/mol. The largest absolute Gasteiger partial charge is 0.457 e. The first-order chi connectivity index (χ1) is 9.45. The fourth-order valence-corrected chi connectivity index (χ4v) is 2.06. The van der Waals surface area contributed by atoms with Crippen molar-refractivity contribution in [1.82, 2.24) is 0 Å². The third-order valence-electron chi connectivity index (χ3n) is 2.90. The summed E-state index contributed by atoms with van der Waals surface area (Å²) in [4.78, 5) is 24.4. The SMILES string of the molecule is CC(C)(C)OC(=O)C1=CC=CC2(C(=O)OC(C)(C)C)OC12. The molecule has 2 unspecified atom stereocenters. The van der Waals surface area contributed by atoms with Crippen LogP contribution in [0, 0.1) is 0 Å². The molecule has 2 atom stereocenters. The fourth-order valence-electron chi connectivity index (χ4n) is 2.06. The van der Waals surface area contributed by atoms with Gasteiger partial charge in [-0.1, -0.05) is 6.08 Å². The molecule has 116 valence electrons. The lowest BCUT2D eigenvalue weighted by Gasteiger charge is -2.23. The van der Waals surface area contributed by atoms with Crippen LogP contribution in [0.5, 0.6) is 0 Å². The predicted molar refractivity (Wildman–Crippen MR) is 76.5 cm³/mol. The Labute approximate surface area is 124 Å². The van der Waals surface area contributed by atoms with Gasteiger partial charge < -0.3 is 14.2 Å². The zero-order valence-electron chi connectivity index (χ0n) is 13.4. The van der Waals surface area contributed by atoms with Crippen LogP contribution in [0.25, 0.3) is 0 Å². The molecule has 0 bridgehead atoms. The number of fused-ring (bicyclic) bond motifs is 1. The molecular weight excluding hydrogens is 272 g/mol. The number of carbonyl (C=O) groups excluding carboxylic acids is 2. The molecule has 0 spiro atoms. The lowest BCUT2D eigenvalue weighted by molar-refractivity contribution is -0.159. The van der Waals surface area contributed by atoms with Gasteiger partial charge >= 0.3 is 11.9 Å². The Bertz CT molecular complexity index is 530. The van der Waals surface area contributed by atoms with Crippen LogP contribution in [0.1, 0.15) is 41.5 Å². The highest BCUT2D eigenvalue weighted by molar-refractivity contribution is 5.97. The average Bonchev–Trinajstić information content (AvgIpc) is 2.99. The van der Waals surface area contributed by atoms with E-state index >= 15 is 0 Å². The molecule has 0 radical (unpaired) electrons. The van der Waals surface area contributed by atoms with Gasteiger partial charge in [0.2, 0.25) is 5.60 Å². The molecule has 2 rings (SSSR count). The van der Waals surface area contributed by atoms with Crippen LogP contribution in [-0.2, 0) is 23.8 Å². The van der Waals surface area contributed by atoms with E-state index in [1.807, 2.05) is 0 Å². The molecule has 2 aliphatic rings. The molecule has 0 amide bonds. The number of allylic oxidation sites excluding steroid dienone is 2. The normalized spacial score (nSPS) is 27.5. The molecule has 1 aliphatic heterocycles. The average molecular weight is 294 g/mol. The minimum Gasteiger partial charge on any atom is -0.457 e. The second-order valence-electron chi connectivity index (χ2n) is 7.28. The first-order valence-electron chi connectivity index (χ1n) is 6.99. The van der Waals surface area contributed by atoms with E-state index in [2.05, 4.69) is 0 Å². The second kappa shape index (κ2) is 4.70. The van der Waals surface area contributed by atoms with Gasteiger partial charge in [-0.25, -0.2) is 9.59 Å². The lowest BCUT2D eigenvalue weighted by atomic mass is 9.94. The molecule has 1 saturated heterocycles. The number of hydrogen-bond acceptors (Lipinski definition) is 5. The topological polar surface area (TPSA) is 65.1 Å². The van der Waals surface area contributed by atoms with Crippen molar-refractivity contribution in [2.24, 2.45) is 0 Å². The quantitative estimate of drug-likeness (QED) is 0.577. The van der Waals surface area contributed by atoms with E-state index in [0.717, 1.165) is 0 Å². The summed E-state index contributed by atoms with van der Waals surface area (Å²) in [7, 11) is 0. The highest BCUT2D eigenvalue weighted by atomic mass is 16.7. The molecule has 21 heavy (non-hydrogen) atoms. The van der Waals surface area contributed by atoms with Crippen molar-refractivity contribution in [2.45, 2.75) is 64.4 Å².